The normalized spacial score (nSPS) is 27.0. The number of carboxylic acid groups (broad SMARTS) is 1. The average Bonchev–Trinajstić information content (AvgIpc) is 2.73. The molecule has 0 saturated carbocycles. The van der Waals surface area contributed by atoms with E-state index in [9.17, 15) is 39.9 Å². The van der Waals surface area contributed by atoms with Crippen molar-refractivity contribution in [3.8, 4) is 5.75 Å². The fourth-order valence-electron chi connectivity index (χ4n) is 3.79. The van der Waals surface area contributed by atoms with Gasteiger partial charge in [0.25, 0.3) is 0 Å². The van der Waals surface area contributed by atoms with E-state index in [0.29, 0.717) is 10.9 Å². The highest BCUT2D eigenvalue weighted by Crippen LogP contribution is 2.35. The van der Waals surface area contributed by atoms with Crippen molar-refractivity contribution in [3.05, 3.63) is 40.2 Å². The minimum Gasteiger partial charge on any atom is -0.476 e. The Hall–Kier alpha value is -3.03. The molecule has 0 radical (unpaired) electrons. The van der Waals surface area contributed by atoms with E-state index in [1.165, 1.54) is 18.2 Å². The summed E-state index contributed by atoms with van der Waals surface area (Å²) in [5.74, 6) is -4.90. The molecule has 1 aliphatic rings. The number of carboxylic acids is 1. The zero-order valence-corrected chi connectivity index (χ0v) is 17.8. The van der Waals surface area contributed by atoms with Crippen molar-refractivity contribution in [3.63, 3.8) is 0 Å². The van der Waals surface area contributed by atoms with Gasteiger partial charge >= 0.3 is 17.4 Å². The minimum atomic E-state index is -2.55. The van der Waals surface area contributed by atoms with Crippen LogP contribution in [0.5, 0.6) is 5.75 Å². The van der Waals surface area contributed by atoms with Crippen LogP contribution in [0.4, 0.5) is 0 Å². The van der Waals surface area contributed by atoms with Gasteiger partial charge in [0.15, 0.2) is 0 Å². The third-order valence-electron chi connectivity index (χ3n) is 5.39. The van der Waals surface area contributed by atoms with Gasteiger partial charge in [-0.3, -0.25) is 4.79 Å². The molecule has 1 saturated heterocycles. The van der Waals surface area contributed by atoms with Crippen LogP contribution in [0.15, 0.2) is 33.5 Å². The Morgan fingerprint density at radius 2 is 2.00 bits per heavy atom. The van der Waals surface area contributed by atoms with Crippen LogP contribution in [0, 0.1) is 6.92 Å². The molecule has 6 N–H and O–H groups in total. The van der Waals surface area contributed by atoms with E-state index in [1.807, 2.05) is 0 Å². The number of ether oxygens (including phenoxy) is 2. The van der Waals surface area contributed by atoms with Crippen LogP contribution in [0.3, 0.4) is 0 Å². The Morgan fingerprint density at radius 1 is 1.30 bits per heavy atom. The molecule has 1 aromatic heterocycles. The Balaban J connectivity index is 2.01. The van der Waals surface area contributed by atoms with Crippen molar-refractivity contribution in [2.75, 3.05) is 6.61 Å². The van der Waals surface area contributed by atoms with E-state index in [4.69, 9.17) is 13.9 Å². The number of amides is 1. The first kappa shape index (κ1) is 24.6. The molecule has 3 rings (SSSR count). The van der Waals surface area contributed by atoms with Gasteiger partial charge in [0.05, 0.1) is 25.2 Å². The summed E-state index contributed by atoms with van der Waals surface area (Å²) in [5, 5.41) is 53.0. The van der Waals surface area contributed by atoms with Gasteiger partial charge < -0.3 is 44.7 Å². The maximum atomic E-state index is 12.2. The molecule has 0 spiro atoms. The first-order chi connectivity index (χ1) is 15.5. The maximum absolute atomic E-state index is 12.2. The summed E-state index contributed by atoms with van der Waals surface area (Å²) in [7, 11) is 0. The summed E-state index contributed by atoms with van der Waals surface area (Å²) in [5.41, 5.74) is 0.135. The number of hydrogen-bond acceptors (Lipinski definition) is 10. The van der Waals surface area contributed by atoms with Crippen molar-refractivity contribution in [2.24, 2.45) is 0 Å². The first-order valence-electron chi connectivity index (χ1n) is 10.0. The molecule has 12 heteroatoms. The molecule has 5 unspecified atom stereocenters. The fraction of sp³-hybridized carbons (Fsp3) is 0.476. The number of benzene rings is 1. The van der Waals surface area contributed by atoms with Crippen molar-refractivity contribution in [2.45, 2.75) is 56.5 Å². The number of aryl methyl sites for hydroxylation is 1. The third-order valence-corrected chi connectivity index (χ3v) is 5.39. The van der Waals surface area contributed by atoms with Gasteiger partial charge in [-0.05, 0) is 24.6 Å². The molecule has 1 fully saturated rings. The van der Waals surface area contributed by atoms with Crippen LogP contribution in [0.25, 0.3) is 11.0 Å². The van der Waals surface area contributed by atoms with E-state index in [0.717, 1.165) is 6.92 Å². The van der Waals surface area contributed by atoms with E-state index in [1.54, 1.807) is 13.0 Å². The molecular formula is C21H25NO11. The smallest absolute Gasteiger partial charge is 0.377 e. The summed E-state index contributed by atoms with van der Waals surface area (Å²) in [4.78, 5) is 35.5. The molecule has 2 heterocycles. The first-order valence-corrected chi connectivity index (χ1v) is 10.0. The number of aliphatic carboxylic acids is 1. The zero-order valence-electron chi connectivity index (χ0n) is 17.8. The molecule has 1 aliphatic heterocycles. The molecule has 0 bridgehead atoms. The second kappa shape index (κ2) is 9.45. The highest BCUT2D eigenvalue weighted by Gasteiger charge is 2.56. The third kappa shape index (κ3) is 4.99. The van der Waals surface area contributed by atoms with E-state index in [-0.39, 0.29) is 11.3 Å². The maximum Gasteiger partial charge on any atom is 0.377 e. The zero-order chi connectivity index (χ0) is 24.5. The van der Waals surface area contributed by atoms with Gasteiger partial charge in [-0.2, -0.15) is 0 Å². The Labute approximate surface area is 187 Å². The van der Waals surface area contributed by atoms with Gasteiger partial charge in [-0.25, -0.2) is 9.59 Å². The number of carbonyl (C=O) groups excluding carboxylic acids is 1. The lowest BCUT2D eigenvalue weighted by Crippen LogP contribution is -2.68. The van der Waals surface area contributed by atoms with Crippen molar-refractivity contribution >= 4 is 22.8 Å². The topological polar surface area (TPSA) is 196 Å². The van der Waals surface area contributed by atoms with Gasteiger partial charge in [-0.15, -0.1) is 0 Å². The predicted molar refractivity (Wildman–Crippen MR) is 110 cm³/mol. The lowest BCUT2D eigenvalue weighted by Gasteiger charge is -2.46. The second-order valence-corrected chi connectivity index (χ2v) is 7.89. The number of nitrogens with one attached hydrogen (secondary N) is 1. The summed E-state index contributed by atoms with van der Waals surface area (Å²) >= 11 is 0. The Kier molecular flexibility index (Phi) is 7.05. The van der Waals surface area contributed by atoms with Gasteiger partial charge in [0.1, 0.15) is 29.6 Å². The number of rotatable bonds is 7. The van der Waals surface area contributed by atoms with E-state index >= 15 is 0 Å². The van der Waals surface area contributed by atoms with Crippen LogP contribution in [-0.2, 0) is 14.3 Å². The van der Waals surface area contributed by atoms with Crippen molar-refractivity contribution < 1.29 is 49.0 Å². The van der Waals surface area contributed by atoms with Crippen LogP contribution in [0.1, 0.15) is 18.9 Å². The predicted octanol–water partition coefficient (Wildman–Crippen LogP) is -1.37. The second-order valence-electron chi connectivity index (χ2n) is 7.89. The van der Waals surface area contributed by atoms with Crippen LogP contribution >= 0.6 is 0 Å². The monoisotopic (exact) mass is 467 g/mol. The highest BCUT2D eigenvalue weighted by atomic mass is 16.7. The molecule has 180 valence electrons. The molecular weight excluding hydrogens is 442 g/mol. The summed E-state index contributed by atoms with van der Waals surface area (Å²) in [6.45, 7) is 1.94. The number of aliphatic hydroxyl groups is 4. The van der Waals surface area contributed by atoms with Crippen LogP contribution < -0.4 is 15.7 Å². The van der Waals surface area contributed by atoms with Gasteiger partial charge in [-0.1, -0.05) is 0 Å². The minimum absolute atomic E-state index is 0.0835. The number of hydrogen-bond donors (Lipinski definition) is 6. The highest BCUT2D eigenvalue weighted by molar-refractivity contribution is 5.82. The van der Waals surface area contributed by atoms with Gasteiger partial charge in [0.2, 0.25) is 5.91 Å². The van der Waals surface area contributed by atoms with E-state index < -0.39 is 66.8 Å². The molecule has 1 aromatic carbocycles. The van der Waals surface area contributed by atoms with Crippen molar-refractivity contribution in [1.29, 1.82) is 0 Å². The van der Waals surface area contributed by atoms with Crippen molar-refractivity contribution in [1.82, 2.24) is 5.32 Å². The molecule has 0 aliphatic carbocycles. The lowest BCUT2D eigenvalue weighted by molar-refractivity contribution is -0.284. The standard InChI is InChI=1S/C21H25NO11/c1-9-5-16(27)31-15-6-11(3-4-12(9)15)32-21(20(29)30)7-13(25)17(22-10(2)24)19(33-21)18(28)14(26)8-23/h3-6,13-14,17-19,23,25-26,28H,7-8H2,1-2H3,(H,22,24)(H,29,30)/t13?,14?,17?,18?,19?,21-/m1/s1. The average molecular weight is 467 g/mol. The fourth-order valence-corrected chi connectivity index (χ4v) is 3.79. The van der Waals surface area contributed by atoms with Gasteiger partial charge in [0, 0.05) is 24.4 Å². The SMILES string of the molecule is CC(=O)NC1C(O)C[C@](Oc2ccc3c(C)cc(=O)oc3c2)(C(=O)O)OC1C(O)C(O)CO. The number of aliphatic hydroxyl groups excluding tert-OH is 4. The molecule has 2 aromatic rings. The lowest BCUT2D eigenvalue weighted by atomic mass is 9.88. The molecule has 12 nitrogen and oxygen atoms in total. The van der Waals surface area contributed by atoms with Crippen LogP contribution in [0.2, 0.25) is 0 Å². The summed E-state index contributed by atoms with van der Waals surface area (Å²) in [6, 6.07) is 4.21. The quantitative estimate of drug-likeness (QED) is 0.263. The summed E-state index contributed by atoms with van der Waals surface area (Å²) < 4.78 is 16.3. The molecule has 6 atom stereocenters. The summed E-state index contributed by atoms with van der Waals surface area (Å²) in [6.07, 6.45) is -7.56. The largest absolute Gasteiger partial charge is 0.476 e. The number of carbonyl (C=O) groups is 2. The number of fused-ring (bicyclic) bond motifs is 1. The Bertz CT molecular complexity index is 1100. The van der Waals surface area contributed by atoms with E-state index in [2.05, 4.69) is 5.32 Å². The Morgan fingerprint density at radius 3 is 2.61 bits per heavy atom. The molecule has 1 amide bonds. The molecule has 33 heavy (non-hydrogen) atoms. The van der Waals surface area contributed by atoms with Crippen LogP contribution in [-0.4, -0.2) is 80.3 Å².